The summed E-state index contributed by atoms with van der Waals surface area (Å²) in [6.45, 7) is 2.03. The number of aliphatic hydroxyl groups is 1. The highest BCUT2D eigenvalue weighted by Crippen LogP contribution is 2.25. The molecule has 32 heavy (non-hydrogen) atoms. The molecule has 0 spiro atoms. The third kappa shape index (κ3) is 4.63. The zero-order chi connectivity index (χ0) is 22.7. The van der Waals surface area contributed by atoms with Crippen molar-refractivity contribution in [3.05, 3.63) is 111 Å². The molecule has 2 aromatic carbocycles. The Bertz CT molecular complexity index is 1290. The van der Waals surface area contributed by atoms with Crippen LogP contribution in [0.1, 0.15) is 27.9 Å². The summed E-state index contributed by atoms with van der Waals surface area (Å²) in [4.78, 5) is 17.4. The Hall–Kier alpha value is -3.71. The lowest BCUT2D eigenvalue weighted by molar-refractivity contribution is 0.280. The summed E-state index contributed by atoms with van der Waals surface area (Å²) in [5.74, 6) is 0.346. The minimum atomic E-state index is -0.325. The number of hydrogen-bond acceptors (Lipinski definition) is 4. The number of ether oxygens (including phenoxy) is 1. The van der Waals surface area contributed by atoms with E-state index in [-0.39, 0.29) is 18.0 Å². The van der Waals surface area contributed by atoms with E-state index in [2.05, 4.69) is 4.98 Å². The van der Waals surface area contributed by atoms with E-state index in [1.54, 1.807) is 42.4 Å². The van der Waals surface area contributed by atoms with Crippen LogP contribution in [0.2, 0.25) is 0 Å². The van der Waals surface area contributed by atoms with E-state index >= 15 is 0 Å². The van der Waals surface area contributed by atoms with Crippen molar-refractivity contribution >= 4 is 0 Å². The SMILES string of the molecule is COc1cc(Cc2cc(CO)cn(Cc3ccc(F)cc3)c2=O)ccc1-n1cnc(C)c1. The summed E-state index contributed by atoms with van der Waals surface area (Å²) in [6.07, 6.45) is 5.66. The number of imidazole rings is 1. The number of benzene rings is 2. The smallest absolute Gasteiger partial charge is 0.254 e. The van der Waals surface area contributed by atoms with E-state index in [0.717, 1.165) is 22.5 Å². The monoisotopic (exact) mass is 433 g/mol. The second kappa shape index (κ2) is 9.20. The zero-order valence-electron chi connectivity index (χ0n) is 18.0. The van der Waals surface area contributed by atoms with Crippen LogP contribution in [0.3, 0.4) is 0 Å². The van der Waals surface area contributed by atoms with Gasteiger partial charge in [-0.1, -0.05) is 18.2 Å². The standard InChI is InChI=1S/C25H24FN3O3/c1-17-12-29(16-27-17)23-8-5-19(11-24(23)32-2)9-21-10-20(15-30)14-28(25(21)31)13-18-3-6-22(26)7-4-18/h3-8,10-12,14,16,30H,9,13,15H2,1-2H3. The Morgan fingerprint density at radius 3 is 2.44 bits per heavy atom. The Morgan fingerprint density at radius 2 is 1.78 bits per heavy atom. The van der Waals surface area contributed by atoms with Crippen LogP contribution in [-0.4, -0.2) is 26.3 Å². The summed E-state index contributed by atoms with van der Waals surface area (Å²) in [5, 5.41) is 9.70. The molecule has 1 N–H and O–H groups in total. The molecule has 0 amide bonds. The maximum absolute atomic E-state index is 13.2. The Balaban J connectivity index is 1.66. The molecule has 6 nitrogen and oxygen atoms in total. The lowest BCUT2D eigenvalue weighted by atomic mass is 10.0. The Labute approximate surface area is 185 Å². The van der Waals surface area contributed by atoms with Gasteiger partial charge in [0.1, 0.15) is 11.6 Å². The van der Waals surface area contributed by atoms with Crippen molar-refractivity contribution < 1.29 is 14.2 Å². The summed E-state index contributed by atoms with van der Waals surface area (Å²) in [7, 11) is 1.61. The third-order valence-electron chi connectivity index (χ3n) is 5.29. The predicted octanol–water partition coefficient (Wildman–Crippen LogP) is 3.62. The normalized spacial score (nSPS) is 11.0. The number of rotatable bonds is 7. The van der Waals surface area contributed by atoms with Crippen LogP contribution in [0.4, 0.5) is 4.39 Å². The molecule has 2 heterocycles. The molecule has 0 aliphatic heterocycles. The molecule has 0 atom stereocenters. The van der Waals surface area contributed by atoms with E-state index in [0.29, 0.717) is 29.8 Å². The first kappa shape index (κ1) is 21.5. The second-order valence-electron chi connectivity index (χ2n) is 7.70. The van der Waals surface area contributed by atoms with Crippen LogP contribution in [0.25, 0.3) is 5.69 Å². The van der Waals surface area contributed by atoms with E-state index in [1.165, 1.54) is 12.1 Å². The molecule has 0 saturated heterocycles. The molecule has 0 bridgehead atoms. The van der Waals surface area contributed by atoms with Gasteiger partial charge in [-0.25, -0.2) is 9.37 Å². The fraction of sp³-hybridized carbons (Fsp3) is 0.200. The number of aryl methyl sites for hydroxylation is 1. The topological polar surface area (TPSA) is 69.3 Å². The molecular formula is C25H24FN3O3. The minimum Gasteiger partial charge on any atom is -0.495 e. The van der Waals surface area contributed by atoms with Crippen LogP contribution in [0.15, 0.2) is 72.0 Å². The van der Waals surface area contributed by atoms with Crippen molar-refractivity contribution in [3.8, 4) is 11.4 Å². The van der Waals surface area contributed by atoms with Crippen LogP contribution in [0, 0.1) is 12.7 Å². The maximum atomic E-state index is 13.2. The largest absolute Gasteiger partial charge is 0.495 e. The number of halogens is 1. The fourth-order valence-corrected chi connectivity index (χ4v) is 3.70. The van der Waals surface area contributed by atoms with Gasteiger partial charge in [0.15, 0.2) is 0 Å². The first-order valence-corrected chi connectivity index (χ1v) is 10.2. The van der Waals surface area contributed by atoms with Gasteiger partial charge in [0.2, 0.25) is 0 Å². The molecule has 4 rings (SSSR count). The van der Waals surface area contributed by atoms with Crippen LogP contribution in [-0.2, 0) is 19.6 Å². The number of aromatic nitrogens is 3. The van der Waals surface area contributed by atoms with Gasteiger partial charge in [-0.3, -0.25) is 4.79 Å². The molecule has 0 radical (unpaired) electrons. The number of aliphatic hydroxyl groups excluding tert-OH is 1. The Kier molecular flexibility index (Phi) is 6.18. The van der Waals surface area contributed by atoms with Crippen molar-refractivity contribution in [3.63, 3.8) is 0 Å². The zero-order valence-corrected chi connectivity index (χ0v) is 18.0. The summed E-state index contributed by atoms with van der Waals surface area (Å²) in [5.41, 5.74) is 4.51. The number of pyridine rings is 1. The highest BCUT2D eigenvalue weighted by molar-refractivity contribution is 5.50. The molecule has 0 fully saturated rings. The molecule has 7 heteroatoms. The third-order valence-corrected chi connectivity index (χ3v) is 5.29. The first-order chi connectivity index (χ1) is 15.5. The number of nitrogens with zero attached hydrogens (tertiary/aromatic N) is 3. The summed E-state index contributed by atoms with van der Waals surface area (Å²) >= 11 is 0. The Morgan fingerprint density at radius 1 is 1.03 bits per heavy atom. The molecular weight excluding hydrogens is 409 g/mol. The van der Waals surface area contributed by atoms with Gasteiger partial charge in [-0.2, -0.15) is 0 Å². The van der Waals surface area contributed by atoms with Gasteiger partial charge < -0.3 is 19.0 Å². The highest BCUT2D eigenvalue weighted by atomic mass is 19.1. The first-order valence-electron chi connectivity index (χ1n) is 10.2. The molecule has 2 aromatic heterocycles. The van der Waals surface area contributed by atoms with E-state index in [4.69, 9.17) is 4.74 Å². The van der Waals surface area contributed by atoms with Crippen molar-refractivity contribution in [2.75, 3.05) is 7.11 Å². The molecule has 164 valence electrons. The average Bonchev–Trinajstić information content (AvgIpc) is 3.23. The number of hydrogen-bond donors (Lipinski definition) is 1. The van der Waals surface area contributed by atoms with Crippen molar-refractivity contribution in [2.24, 2.45) is 0 Å². The van der Waals surface area contributed by atoms with E-state index < -0.39 is 0 Å². The molecule has 0 aliphatic carbocycles. The number of methoxy groups -OCH3 is 1. The molecule has 4 aromatic rings. The van der Waals surface area contributed by atoms with Gasteiger partial charge in [-0.15, -0.1) is 0 Å². The average molecular weight is 433 g/mol. The quantitative estimate of drug-likeness (QED) is 0.483. The highest BCUT2D eigenvalue weighted by Gasteiger charge is 2.12. The van der Waals surface area contributed by atoms with Gasteiger partial charge in [0.05, 0.1) is 38.0 Å². The van der Waals surface area contributed by atoms with Crippen LogP contribution < -0.4 is 10.3 Å². The summed E-state index contributed by atoms with van der Waals surface area (Å²) < 4.78 is 22.2. The maximum Gasteiger partial charge on any atom is 0.254 e. The predicted molar refractivity (Wildman–Crippen MR) is 120 cm³/mol. The summed E-state index contributed by atoms with van der Waals surface area (Å²) in [6, 6.07) is 13.5. The molecule has 0 unspecified atom stereocenters. The van der Waals surface area contributed by atoms with Crippen LogP contribution >= 0.6 is 0 Å². The molecule has 0 aliphatic rings. The van der Waals surface area contributed by atoms with E-state index in [9.17, 15) is 14.3 Å². The van der Waals surface area contributed by atoms with Gasteiger partial charge in [-0.05, 0) is 53.9 Å². The second-order valence-corrected chi connectivity index (χ2v) is 7.70. The molecule has 0 saturated carbocycles. The van der Waals surface area contributed by atoms with Gasteiger partial charge >= 0.3 is 0 Å². The van der Waals surface area contributed by atoms with Crippen molar-refractivity contribution in [1.29, 1.82) is 0 Å². The van der Waals surface area contributed by atoms with Gasteiger partial charge in [0.25, 0.3) is 5.56 Å². The minimum absolute atomic E-state index is 0.153. The van der Waals surface area contributed by atoms with Crippen molar-refractivity contribution in [1.82, 2.24) is 14.1 Å². The van der Waals surface area contributed by atoms with Crippen molar-refractivity contribution in [2.45, 2.75) is 26.5 Å². The fourth-order valence-electron chi connectivity index (χ4n) is 3.70. The lowest BCUT2D eigenvalue weighted by Crippen LogP contribution is -2.25. The lowest BCUT2D eigenvalue weighted by Gasteiger charge is -2.13. The van der Waals surface area contributed by atoms with E-state index in [1.807, 2.05) is 35.9 Å². The van der Waals surface area contributed by atoms with Gasteiger partial charge in [0, 0.05) is 24.4 Å². The van der Waals surface area contributed by atoms with Crippen LogP contribution in [0.5, 0.6) is 5.75 Å².